The fourth-order valence-electron chi connectivity index (χ4n) is 3.27. The van der Waals surface area contributed by atoms with Crippen molar-refractivity contribution >= 4 is 22.5 Å². The number of fused-ring (bicyclic) bond motifs is 1. The Labute approximate surface area is 175 Å². The van der Waals surface area contributed by atoms with E-state index in [1.54, 1.807) is 7.11 Å². The van der Waals surface area contributed by atoms with Crippen molar-refractivity contribution in [2.75, 3.05) is 19.0 Å². The van der Waals surface area contributed by atoms with Crippen LogP contribution in [0.1, 0.15) is 17.3 Å². The van der Waals surface area contributed by atoms with E-state index in [0.29, 0.717) is 17.9 Å². The van der Waals surface area contributed by atoms with E-state index in [4.69, 9.17) is 14.5 Å². The van der Waals surface area contributed by atoms with Gasteiger partial charge in [0, 0.05) is 16.6 Å². The van der Waals surface area contributed by atoms with Crippen molar-refractivity contribution in [2.24, 2.45) is 0 Å². The van der Waals surface area contributed by atoms with Crippen LogP contribution in [0.2, 0.25) is 0 Å². The van der Waals surface area contributed by atoms with Gasteiger partial charge in [-0.1, -0.05) is 18.2 Å². The van der Waals surface area contributed by atoms with E-state index in [2.05, 4.69) is 5.32 Å². The molecule has 0 bridgehead atoms. The van der Waals surface area contributed by atoms with E-state index in [-0.39, 0.29) is 5.91 Å². The number of carbonyl (C=O) groups excluding carboxylic acids is 1. The van der Waals surface area contributed by atoms with Gasteiger partial charge in [-0.3, -0.25) is 4.79 Å². The molecule has 5 nitrogen and oxygen atoms in total. The van der Waals surface area contributed by atoms with Gasteiger partial charge in [0.25, 0.3) is 5.91 Å². The number of carbonyl (C=O) groups is 1. The van der Waals surface area contributed by atoms with Crippen molar-refractivity contribution in [1.82, 2.24) is 4.98 Å². The lowest BCUT2D eigenvalue weighted by Crippen LogP contribution is -2.13. The topological polar surface area (TPSA) is 60.5 Å². The smallest absolute Gasteiger partial charge is 0.256 e. The van der Waals surface area contributed by atoms with Gasteiger partial charge < -0.3 is 14.8 Å². The van der Waals surface area contributed by atoms with Gasteiger partial charge in [0.15, 0.2) is 0 Å². The van der Waals surface area contributed by atoms with Crippen molar-refractivity contribution in [2.45, 2.75) is 6.92 Å². The SMILES string of the molecule is CCOc1ccc(NC(=O)c2cc(-c3ccc(OC)cc3)nc3ccccc23)cc1. The molecule has 5 heteroatoms. The Bertz CT molecular complexity index is 1170. The van der Waals surface area contributed by atoms with Crippen LogP contribution in [0, 0.1) is 0 Å². The van der Waals surface area contributed by atoms with E-state index in [9.17, 15) is 4.79 Å². The van der Waals surface area contributed by atoms with Gasteiger partial charge in [0.2, 0.25) is 0 Å². The third kappa shape index (κ3) is 4.10. The van der Waals surface area contributed by atoms with Crippen LogP contribution in [0.25, 0.3) is 22.2 Å². The van der Waals surface area contributed by atoms with Gasteiger partial charge in [-0.05, 0) is 67.6 Å². The van der Waals surface area contributed by atoms with Crippen molar-refractivity contribution in [3.05, 3.63) is 84.4 Å². The average molecular weight is 398 g/mol. The molecule has 0 spiro atoms. The maximum absolute atomic E-state index is 13.1. The largest absolute Gasteiger partial charge is 0.497 e. The van der Waals surface area contributed by atoms with Crippen molar-refractivity contribution in [3.63, 3.8) is 0 Å². The summed E-state index contributed by atoms with van der Waals surface area (Å²) in [7, 11) is 1.63. The Balaban J connectivity index is 1.70. The first-order valence-corrected chi connectivity index (χ1v) is 9.76. The first kappa shape index (κ1) is 19.5. The zero-order valence-electron chi connectivity index (χ0n) is 16.9. The Kier molecular flexibility index (Phi) is 5.61. The quantitative estimate of drug-likeness (QED) is 0.462. The van der Waals surface area contributed by atoms with Gasteiger partial charge in [0.1, 0.15) is 11.5 Å². The molecule has 0 radical (unpaired) electrons. The standard InChI is InChI=1S/C25H22N2O3/c1-3-30-20-14-10-18(11-15-20)26-25(28)22-16-24(17-8-12-19(29-2)13-9-17)27-23-7-5-4-6-21(22)23/h4-16H,3H2,1-2H3,(H,26,28). The second-order valence-corrected chi connectivity index (χ2v) is 6.71. The number of hydrogen-bond donors (Lipinski definition) is 1. The van der Waals surface area contributed by atoms with E-state index in [1.165, 1.54) is 0 Å². The number of pyridine rings is 1. The van der Waals surface area contributed by atoms with Crippen LogP contribution in [-0.4, -0.2) is 24.6 Å². The summed E-state index contributed by atoms with van der Waals surface area (Å²) >= 11 is 0. The number of rotatable bonds is 6. The molecule has 30 heavy (non-hydrogen) atoms. The molecule has 0 saturated carbocycles. The molecule has 4 aromatic rings. The van der Waals surface area contributed by atoms with E-state index in [0.717, 1.165) is 33.7 Å². The number of nitrogens with zero attached hydrogens (tertiary/aromatic N) is 1. The minimum Gasteiger partial charge on any atom is -0.497 e. The number of nitrogens with one attached hydrogen (secondary N) is 1. The van der Waals surface area contributed by atoms with Crippen LogP contribution in [0.15, 0.2) is 78.9 Å². The zero-order valence-corrected chi connectivity index (χ0v) is 16.9. The normalized spacial score (nSPS) is 10.6. The number of benzene rings is 3. The van der Waals surface area contributed by atoms with Gasteiger partial charge in [-0.15, -0.1) is 0 Å². The van der Waals surface area contributed by atoms with Crippen molar-refractivity contribution in [3.8, 4) is 22.8 Å². The molecular weight excluding hydrogens is 376 g/mol. The molecule has 0 aliphatic carbocycles. The molecule has 1 N–H and O–H groups in total. The Morgan fingerprint density at radius 1 is 0.933 bits per heavy atom. The highest BCUT2D eigenvalue weighted by Crippen LogP contribution is 2.27. The fraction of sp³-hybridized carbons (Fsp3) is 0.120. The van der Waals surface area contributed by atoms with E-state index in [1.807, 2.05) is 85.8 Å². The molecule has 1 aromatic heterocycles. The molecule has 0 aliphatic rings. The summed E-state index contributed by atoms with van der Waals surface area (Å²) in [5, 5.41) is 3.78. The number of anilines is 1. The second kappa shape index (κ2) is 8.66. The summed E-state index contributed by atoms with van der Waals surface area (Å²) in [6.07, 6.45) is 0. The summed E-state index contributed by atoms with van der Waals surface area (Å²) in [5.74, 6) is 1.35. The van der Waals surface area contributed by atoms with Crippen LogP contribution in [0.4, 0.5) is 5.69 Å². The molecule has 0 atom stereocenters. The molecule has 0 saturated heterocycles. The number of hydrogen-bond acceptors (Lipinski definition) is 4. The molecule has 0 aliphatic heterocycles. The molecule has 150 valence electrons. The monoisotopic (exact) mass is 398 g/mol. The van der Waals surface area contributed by atoms with Crippen LogP contribution >= 0.6 is 0 Å². The van der Waals surface area contributed by atoms with Crippen LogP contribution in [0.5, 0.6) is 11.5 Å². The minimum absolute atomic E-state index is 0.187. The zero-order chi connectivity index (χ0) is 20.9. The predicted octanol–water partition coefficient (Wildman–Crippen LogP) is 5.56. The van der Waals surface area contributed by atoms with Crippen molar-refractivity contribution < 1.29 is 14.3 Å². The van der Waals surface area contributed by atoms with E-state index < -0.39 is 0 Å². The predicted molar refractivity (Wildman–Crippen MR) is 119 cm³/mol. The number of amides is 1. The highest BCUT2D eigenvalue weighted by molar-refractivity contribution is 6.13. The third-order valence-electron chi connectivity index (χ3n) is 4.77. The fourth-order valence-corrected chi connectivity index (χ4v) is 3.27. The lowest BCUT2D eigenvalue weighted by atomic mass is 10.0. The van der Waals surface area contributed by atoms with Crippen LogP contribution in [-0.2, 0) is 0 Å². The van der Waals surface area contributed by atoms with Crippen LogP contribution in [0.3, 0.4) is 0 Å². The first-order chi connectivity index (χ1) is 14.7. The molecule has 1 amide bonds. The molecular formula is C25H22N2O3. The number of aromatic nitrogens is 1. The average Bonchev–Trinajstić information content (AvgIpc) is 2.80. The number of ether oxygens (including phenoxy) is 2. The highest BCUT2D eigenvalue weighted by atomic mass is 16.5. The first-order valence-electron chi connectivity index (χ1n) is 9.76. The second-order valence-electron chi connectivity index (χ2n) is 6.71. The molecule has 3 aromatic carbocycles. The van der Waals surface area contributed by atoms with Crippen LogP contribution < -0.4 is 14.8 Å². The van der Waals surface area contributed by atoms with Gasteiger partial charge >= 0.3 is 0 Å². The Morgan fingerprint density at radius 3 is 2.33 bits per heavy atom. The summed E-state index contributed by atoms with van der Waals surface area (Å²) in [5.41, 5.74) is 3.68. The molecule has 0 fully saturated rings. The lowest BCUT2D eigenvalue weighted by Gasteiger charge is -2.11. The summed E-state index contributed by atoms with van der Waals surface area (Å²) < 4.78 is 10.7. The van der Waals surface area contributed by atoms with Gasteiger partial charge in [0.05, 0.1) is 30.5 Å². The third-order valence-corrected chi connectivity index (χ3v) is 4.77. The lowest BCUT2D eigenvalue weighted by molar-refractivity contribution is 0.102. The maximum Gasteiger partial charge on any atom is 0.256 e. The van der Waals surface area contributed by atoms with E-state index >= 15 is 0 Å². The minimum atomic E-state index is -0.187. The summed E-state index contributed by atoms with van der Waals surface area (Å²) in [6.45, 7) is 2.54. The summed E-state index contributed by atoms with van der Waals surface area (Å²) in [4.78, 5) is 17.9. The highest BCUT2D eigenvalue weighted by Gasteiger charge is 2.14. The number of para-hydroxylation sites is 1. The molecule has 4 rings (SSSR count). The van der Waals surface area contributed by atoms with Crippen molar-refractivity contribution in [1.29, 1.82) is 0 Å². The maximum atomic E-state index is 13.1. The Hall–Kier alpha value is -3.86. The summed E-state index contributed by atoms with van der Waals surface area (Å²) in [6, 6.07) is 24.4. The Morgan fingerprint density at radius 2 is 1.63 bits per heavy atom. The molecule has 0 unspecified atom stereocenters. The molecule has 1 heterocycles. The number of methoxy groups -OCH3 is 1. The van der Waals surface area contributed by atoms with Gasteiger partial charge in [-0.25, -0.2) is 4.98 Å². The van der Waals surface area contributed by atoms with Gasteiger partial charge in [-0.2, -0.15) is 0 Å².